The van der Waals surface area contributed by atoms with Gasteiger partial charge in [-0.3, -0.25) is 9.59 Å². The molecule has 0 spiro atoms. The van der Waals surface area contributed by atoms with Gasteiger partial charge in [-0.2, -0.15) is 0 Å². The van der Waals surface area contributed by atoms with Gasteiger partial charge in [0.25, 0.3) is 0 Å². The molecule has 1 aliphatic carbocycles. The van der Waals surface area contributed by atoms with Gasteiger partial charge in [-0.25, -0.2) is 0 Å². The first kappa shape index (κ1) is 26.7. The second kappa shape index (κ2) is 13.8. The zero-order valence-electron chi connectivity index (χ0n) is 21.2. The molecule has 3 aromatic rings. The summed E-state index contributed by atoms with van der Waals surface area (Å²) in [7, 11) is 0. The number of benzene rings is 3. The first-order chi connectivity index (χ1) is 18.1. The molecule has 0 radical (unpaired) electrons. The lowest BCUT2D eigenvalue weighted by molar-refractivity contribution is -0.141. The zero-order chi connectivity index (χ0) is 25.9. The normalized spacial score (nSPS) is 14.2. The Morgan fingerprint density at radius 2 is 1.51 bits per heavy atom. The van der Waals surface area contributed by atoms with Gasteiger partial charge in [0.15, 0.2) is 0 Å². The van der Waals surface area contributed by atoms with E-state index in [1.54, 1.807) is 17.0 Å². The molecule has 3 aromatic carbocycles. The molecular formula is C31H35ClN2O3. The summed E-state index contributed by atoms with van der Waals surface area (Å²) in [6, 6.07) is 26.6. The second-order valence-electron chi connectivity index (χ2n) is 9.61. The maximum atomic E-state index is 13.6. The molecule has 1 aliphatic rings. The van der Waals surface area contributed by atoms with E-state index >= 15 is 0 Å². The number of nitrogens with zero attached hydrogens (tertiary/aromatic N) is 1. The number of carbonyl (C=O) groups excluding carboxylic acids is 2. The average Bonchev–Trinajstić information content (AvgIpc) is 3.43. The van der Waals surface area contributed by atoms with Crippen LogP contribution in [0.5, 0.6) is 5.75 Å². The quantitative estimate of drug-likeness (QED) is 0.290. The maximum absolute atomic E-state index is 13.6. The van der Waals surface area contributed by atoms with Crippen molar-refractivity contribution in [2.24, 2.45) is 0 Å². The van der Waals surface area contributed by atoms with E-state index in [1.807, 2.05) is 72.8 Å². The number of ether oxygens (including phenoxy) is 1. The molecule has 2 amide bonds. The van der Waals surface area contributed by atoms with E-state index in [0.29, 0.717) is 37.4 Å². The van der Waals surface area contributed by atoms with Gasteiger partial charge >= 0.3 is 0 Å². The van der Waals surface area contributed by atoms with E-state index in [2.05, 4.69) is 5.32 Å². The van der Waals surface area contributed by atoms with Crippen LogP contribution in [0.15, 0.2) is 84.9 Å². The van der Waals surface area contributed by atoms with Crippen molar-refractivity contribution in [3.8, 4) is 5.75 Å². The van der Waals surface area contributed by atoms with Crippen LogP contribution < -0.4 is 10.1 Å². The minimum atomic E-state index is -0.590. The van der Waals surface area contributed by atoms with Crippen LogP contribution in [0, 0.1) is 0 Å². The Balaban J connectivity index is 1.49. The highest BCUT2D eigenvalue weighted by Crippen LogP contribution is 2.21. The van der Waals surface area contributed by atoms with Crippen LogP contribution in [0.1, 0.15) is 49.7 Å². The average molecular weight is 519 g/mol. The first-order valence-electron chi connectivity index (χ1n) is 13.1. The largest absolute Gasteiger partial charge is 0.494 e. The Bertz CT molecular complexity index is 1120. The van der Waals surface area contributed by atoms with Crippen molar-refractivity contribution in [3.63, 3.8) is 0 Å². The van der Waals surface area contributed by atoms with Crippen molar-refractivity contribution in [3.05, 3.63) is 101 Å². The second-order valence-corrected chi connectivity index (χ2v) is 10.0. The molecule has 1 atom stereocenters. The molecule has 0 heterocycles. The Kier molecular flexibility index (Phi) is 10.0. The van der Waals surface area contributed by atoms with Gasteiger partial charge in [0.1, 0.15) is 11.8 Å². The number of nitrogens with one attached hydrogen (secondary N) is 1. The van der Waals surface area contributed by atoms with Gasteiger partial charge < -0.3 is 15.0 Å². The molecule has 1 N–H and O–H groups in total. The highest BCUT2D eigenvalue weighted by molar-refractivity contribution is 6.30. The summed E-state index contributed by atoms with van der Waals surface area (Å²) in [4.78, 5) is 29.1. The number of rotatable bonds is 12. The third-order valence-corrected chi connectivity index (χ3v) is 7.04. The molecule has 37 heavy (non-hydrogen) atoms. The van der Waals surface area contributed by atoms with E-state index in [-0.39, 0.29) is 17.9 Å². The Labute approximate surface area is 224 Å². The van der Waals surface area contributed by atoms with Crippen LogP contribution in [0.4, 0.5) is 0 Å². The number of carbonyl (C=O) groups is 2. The molecule has 0 aliphatic heterocycles. The van der Waals surface area contributed by atoms with Crippen LogP contribution in [0.25, 0.3) is 0 Å². The molecule has 0 unspecified atom stereocenters. The first-order valence-corrected chi connectivity index (χ1v) is 13.5. The van der Waals surface area contributed by atoms with Gasteiger partial charge in [0.2, 0.25) is 11.8 Å². The van der Waals surface area contributed by atoms with Crippen molar-refractivity contribution < 1.29 is 14.3 Å². The van der Waals surface area contributed by atoms with Crippen LogP contribution >= 0.6 is 11.6 Å². The fraction of sp³-hybridized carbons (Fsp3) is 0.355. The van der Waals surface area contributed by atoms with E-state index in [1.165, 1.54) is 0 Å². The molecule has 1 saturated carbocycles. The lowest BCUT2D eigenvalue weighted by Crippen LogP contribution is -2.52. The SMILES string of the molecule is O=C(NC1CCCC1)[C@@H](Cc1ccccc1)N(Cc1ccccc1)C(=O)CCCOc1ccc(Cl)cc1. The van der Waals surface area contributed by atoms with Gasteiger partial charge in [-0.05, 0) is 54.7 Å². The molecular weight excluding hydrogens is 484 g/mol. The maximum Gasteiger partial charge on any atom is 0.243 e. The van der Waals surface area contributed by atoms with E-state index in [4.69, 9.17) is 16.3 Å². The number of hydrogen-bond donors (Lipinski definition) is 1. The highest BCUT2D eigenvalue weighted by Gasteiger charge is 2.31. The fourth-order valence-electron chi connectivity index (χ4n) is 4.79. The Morgan fingerprint density at radius 1 is 0.892 bits per heavy atom. The lowest BCUT2D eigenvalue weighted by atomic mass is 10.0. The summed E-state index contributed by atoms with van der Waals surface area (Å²) in [6.45, 7) is 0.789. The van der Waals surface area contributed by atoms with Crippen LogP contribution in [0.3, 0.4) is 0 Å². The standard InChI is InChI=1S/C31H35ClN2O3/c32-26-17-19-28(20-18-26)37-21-9-16-30(35)34(23-25-12-5-2-6-13-25)29(22-24-10-3-1-4-11-24)31(36)33-27-14-7-8-15-27/h1-6,10-13,17-20,27,29H,7-9,14-16,21-23H2,(H,33,36)/t29-/m1/s1. The number of halogens is 1. The third kappa shape index (κ3) is 8.36. The smallest absolute Gasteiger partial charge is 0.243 e. The summed E-state index contributed by atoms with van der Waals surface area (Å²) >= 11 is 5.94. The summed E-state index contributed by atoms with van der Waals surface area (Å²) in [5.74, 6) is 0.597. The topological polar surface area (TPSA) is 58.6 Å². The summed E-state index contributed by atoms with van der Waals surface area (Å²) in [6.07, 6.45) is 5.58. The summed E-state index contributed by atoms with van der Waals surface area (Å²) in [5.41, 5.74) is 2.03. The molecule has 1 fully saturated rings. The summed E-state index contributed by atoms with van der Waals surface area (Å²) < 4.78 is 5.79. The van der Waals surface area contributed by atoms with Gasteiger partial charge in [-0.15, -0.1) is 0 Å². The van der Waals surface area contributed by atoms with Crippen molar-refractivity contribution in [1.82, 2.24) is 10.2 Å². The van der Waals surface area contributed by atoms with Crippen molar-refractivity contribution in [2.45, 2.75) is 63.6 Å². The van der Waals surface area contributed by atoms with Gasteiger partial charge in [0, 0.05) is 30.5 Å². The summed E-state index contributed by atoms with van der Waals surface area (Å²) in [5, 5.41) is 3.90. The van der Waals surface area contributed by atoms with E-state index in [9.17, 15) is 9.59 Å². The van der Waals surface area contributed by atoms with Gasteiger partial charge in [0.05, 0.1) is 6.61 Å². The predicted octanol–water partition coefficient (Wildman–Crippen LogP) is 6.20. The number of amides is 2. The van der Waals surface area contributed by atoms with Gasteiger partial charge in [-0.1, -0.05) is 85.1 Å². The van der Waals surface area contributed by atoms with Crippen molar-refractivity contribution >= 4 is 23.4 Å². The molecule has 194 valence electrons. The highest BCUT2D eigenvalue weighted by atomic mass is 35.5. The molecule has 0 aromatic heterocycles. The van der Waals surface area contributed by atoms with Crippen LogP contribution in [-0.4, -0.2) is 35.4 Å². The molecule has 5 nitrogen and oxygen atoms in total. The van der Waals surface area contributed by atoms with Crippen molar-refractivity contribution in [2.75, 3.05) is 6.61 Å². The van der Waals surface area contributed by atoms with Crippen LogP contribution in [0.2, 0.25) is 5.02 Å². The minimum absolute atomic E-state index is 0.0499. The Hall–Kier alpha value is -3.31. The lowest BCUT2D eigenvalue weighted by Gasteiger charge is -2.32. The zero-order valence-corrected chi connectivity index (χ0v) is 21.9. The molecule has 0 saturated heterocycles. The Morgan fingerprint density at radius 3 is 2.16 bits per heavy atom. The van der Waals surface area contributed by atoms with E-state index in [0.717, 1.165) is 42.6 Å². The number of hydrogen-bond acceptors (Lipinski definition) is 3. The predicted molar refractivity (Wildman–Crippen MR) is 148 cm³/mol. The van der Waals surface area contributed by atoms with Crippen LogP contribution in [-0.2, 0) is 22.6 Å². The van der Waals surface area contributed by atoms with E-state index < -0.39 is 6.04 Å². The molecule has 6 heteroatoms. The molecule has 0 bridgehead atoms. The fourth-order valence-corrected chi connectivity index (χ4v) is 4.92. The third-order valence-electron chi connectivity index (χ3n) is 6.79. The molecule has 4 rings (SSSR count). The van der Waals surface area contributed by atoms with Crippen molar-refractivity contribution in [1.29, 1.82) is 0 Å². The minimum Gasteiger partial charge on any atom is -0.494 e. The monoisotopic (exact) mass is 518 g/mol.